The lowest BCUT2D eigenvalue weighted by Crippen LogP contribution is -2.06. The van der Waals surface area contributed by atoms with Crippen molar-refractivity contribution < 1.29 is 22.7 Å². The van der Waals surface area contributed by atoms with E-state index in [4.69, 9.17) is 13.6 Å². The van der Waals surface area contributed by atoms with Gasteiger partial charge >= 0.3 is 7.60 Å². The van der Waals surface area contributed by atoms with Gasteiger partial charge in [0, 0.05) is 6.16 Å². The predicted molar refractivity (Wildman–Crippen MR) is 83.9 cm³/mol. The molecule has 7 heteroatoms. The van der Waals surface area contributed by atoms with Gasteiger partial charge in [-0.25, -0.2) is 0 Å². The van der Waals surface area contributed by atoms with Crippen molar-refractivity contribution in [3.05, 3.63) is 12.7 Å². The van der Waals surface area contributed by atoms with Gasteiger partial charge in [0.15, 0.2) is 0 Å². The van der Waals surface area contributed by atoms with E-state index >= 15 is 0 Å². The fraction of sp³-hybridized carbons (Fsp3) is 0.846. The van der Waals surface area contributed by atoms with Gasteiger partial charge in [-0.05, 0) is 40.0 Å². The van der Waals surface area contributed by atoms with Crippen molar-refractivity contribution in [2.24, 2.45) is 0 Å². The van der Waals surface area contributed by atoms with Gasteiger partial charge < -0.3 is 13.6 Å². The highest BCUT2D eigenvalue weighted by atomic mass is 31.2. The summed E-state index contributed by atoms with van der Waals surface area (Å²) >= 11 is 0. The van der Waals surface area contributed by atoms with Gasteiger partial charge in [0.25, 0.3) is 0 Å². The molecule has 1 atom stereocenters. The number of hydrogen-bond donors (Lipinski definition) is 0. The summed E-state index contributed by atoms with van der Waals surface area (Å²) in [6.07, 6.45) is 4.76. The molecule has 20 heavy (non-hydrogen) atoms. The monoisotopic (exact) mass is 326 g/mol. The third kappa shape index (κ3) is 8.39. The zero-order valence-electron chi connectivity index (χ0n) is 12.9. The Balaban J connectivity index is 4.72. The quantitative estimate of drug-likeness (QED) is 0.274. The molecule has 0 saturated carbocycles. The molecule has 0 radical (unpaired) electrons. The Morgan fingerprint density at radius 1 is 0.950 bits per heavy atom. The van der Waals surface area contributed by atoms with Crippen molar-refractivity contribution in [2.45, 2.75) is 40.0 Å². The van der Waals surface area contributed by atoms with Crippen LogP contribution in [-0.4, -0.2) is 31.9 Å². The van der Waals surface area contributed by atoms with Crippen molar-refractivity contribution in [1.82, 2.24) is 0 Å². The number of hydrogen-bond acceptors (Lipinski definition) is 5. The zero-order valence-corrected chi connectivity index (χ0v) is 14.7. The van der Waals surface area contributed by atoms with Gasteiger partial charge in [-0.15, -0.1) is 6.58 Å². The molecular weight excluding hydrogens is 298 g/mol. The molecule has 0 aromatic rings. The molecule has 0 aliphatic carbocycles. The minimum atomic E-state index is -3.33. The average molecular weight is 326 g/mol. The van der Waals surface area contributed by atoms with Crippen LogP contribution in [0, 0.1) is 0 Å². The maximum Gasteiger partial charge on any atom is 0.340 e. The highest BCUT2D eigenvalue weighted by molar-refractivity contribution is 7.73. The first-order valence-corrected chi connectivity index (χ1v) is 10.9. The summed E-state index contributed by atoms with van der Waals surface area (Å²) < 4.78 is 41.0. The molecule has 120 valence electrons. The van der Waals surface area contributed by atoms with Crippen LogP contribution in [0.2, 0.25) is 0 Å². The highest BCUT2D eigenvalue weighted by Gasteiger charge is 2.36. The molecule has 0 saturated heterocycles. The van der Waals surface area contributed by atoms with Crippen LogP contribution in [0.4, 0.5) is 0 Å². The minimum Gasteiger partial charge on any atom is -0.328 e. The van der Waals surface area contributed by atoms with E-state index in [9.17, 15) is 9.13 Å². The van der Waals surface area contributed by atoms with Crippen LogP contribution in [0.1, 0.15) is 40.0 Å². The summed E-state index contributed by atoms with van der Waals surface area (Å²) in [5.74, 6) is -0.135. The molecule has 0 unspecified atom stereocenters. The van der Waals surface area contributed by atoms with Gasteiger partial charge in [-0.1, -0.05) is 6.08 Å². The molecule has 0 bridgehead atoms. The van der Waals surface area contributed by atoms with Crippen LogP contribution in [0.15, 0.2) is 12.7 Å². The molecule has 0 aromatic carbocycles. The van der Waals surface area contributed by atoms with Crippen molar-refractivity contribution >= 4 is 15.0 Å². The summed E-state index contributed by atoms with van der Waals surface area (Å²) in [6, 6.07) is 0. The third-order valence-corrected chi connectivity index (χ3v) is 8.70. The van der Waals surface area contributed by atoms with Crippen molar-refractivity contribution in [1.29, 1.82) is 0 Å². The normalized spacial score (nSPS) is 14.9. The van der Waals surface area contributed by atoms with Gasteiger partial charge in [0.2, 0.25) is 7.37 Å². The maximum absolute atomic E-state index is 12.8. The highest BCUT2D eigenvalue weighted by Crippen LogP contribution is 2.63. The van der Waals surface area contributed by atoms with E-state index in [-0.39, 0.29) is 19.1 Å². The second-order valence-electron chi connectivity index (χ2n) is 4.33. The van der Waals surface area contributed by atoms with Crippen LogP contribution in [0.3, 0.4) is 0 Å². The molecule has 0 rings (SSSR count). The van der Waals surface area contributed by atoms with Gasteiger partial charge in [0.1, 0.15) is 5.90 Å². The lowest BCUT2D eigenvalue weighted by Gasteiger charge is -2.23. The Morgan fingerprint density at radius 3 is 1.95 bits per heavy atom. The van der Waals surface area contributed by atoms with E-state index < -0.39 is 15.0 Å². The van der Waals surface area contributed by atoms with E-state index in [2.05, 4.69) is 6.58 Å². The van der Waals surface area contributed by atoms with E-state index in [1.807, 2.05) is 6.08 Å². The second-order valence-corrected chi connectivity index (χ2v) is 9.53. The van der Waals surface area contributed by atoms with Gasteiger partial charge in [-0.3, -0.25) is 9.13 Å². The largest absolute Gasteiger partial charge is 0.340 e. The molecule has 0 fully saturated rings. The molecule has 0 aliphatic rings. The van der Waals surface area contributed by atoms with E-state index in [1.165, 1.54) is 0 Å². The molecular formula is C13H28O5P2. The Hall–Kier alpha value is 0.0800. The van der Waals surface area contributed by atoms with Crippen molar-refractivity contribution in [3.8, 4) is 0 Å². The zero-order chi connectivity index (χ0) is 15.5. The summed E-state index contributed by atoms with van der Waals surface area (Å²) in [7, 11) is -6.32. The first kappa shape index (κ1) is 20.1. The number of unbranched alkanes of at least 4 members (excludes halogenated alkanes) is 2. The fourth-order valence-corrected chi connectivity index (χ4v) is 7.65. The first-order valence-electron chi connectivity index (χ1n) is 7.17. The Morgan fingerprint density at radius 2 is 1.50 bits per heavy atom. The lowest BCUT2D eigenvalue weighted by atomic mass is 10.2. The molecule has 0 N–H and O–H groups in total. The van der Waals surface area contributed by atoms with Crippen molar-refractivity contribution in [2.75, 3.05) is 31.9 Å². The molecule has 5 nitrogen and oxygen atoms in total. The first-order chi connectivity index (χ1) is 9.45. The Labute approximate surface area is 123 Å². The topological polar surface area (TPSA) is 61.8 Å². The molecule has 0 aromatic heterocycles. The van der Waals surface area contributed by atoms with E-state index in [1.54, 1.807) is 20.8 Å². The Bertz CT molecular complexity index is 347. The predicted octanol–water partition coefficient (Wildman–Crippen LogP) is 4.88. The van der Waals surface area contributed by atoms with Crippen LogP contribution in [-0.2, 0) is 22.7 Å². The molecule has 0 aliphatic heterocycles. The van der Waals surface area contributed by atoms with Crippen LogP contribution < -0.4 is 0 Å². The lowest BCUT2D eigenvalue weighted by molar-refractivity contribution is 0.222. The van der Waals surface area contributed by atoms with Gasteiger partial charge in [0.05, 0.1) is 19.8 Å². The van der Waals surface area contributed by atoms with E-state index in [0.717, 1.165) is 19.3 Å². The van der Waals surface area contributed by atoms with Crippen LogP contribution >= 0.6 is 15.0 Å². The number of allylic oxidation sites excluding steroid dienone is 1. The maximum atomic E-state index is 12.8. The second kappa shape index (κ2) is 10.8. The molecule has 0 amide bonds. The molecule has 0 spiro atoms. The summed E-state index contributed by atoms with van der Waals surface area (Å²) in [6.45, 7) is 9.77. The van der Waals surface area contributed by atoms with Crippen LogP contribution in [0.5, 0.6) is 0 Å². The van der Waals surface area contributed by atoms with E-state index in [0.29, 0.717) is 12.8 Å². The number of rotatable bonds is 13. The standard InChI is InChI=1S/C13H28O5P2/c1-5-9-10-11-12-19(14,16-6-2)13-20(15,17-7-3)18-8-4/h5H,1,6-13H2,2-4H3/t19-/m1/s1. The Kier molecular flexibility index (Phi) is 10.8. The smallest absolute Gasteiger partial charge is 0.328 e. The minimum absolute atomic E-state index is 0.135. The van der Waals surface area contributed by atoms with Crippen molar-refractivity contribution in [3.63, 3.8) is 0 Å². The third-order valence-electron chi connectivity index (χ3n) is 2.56. The summed E-state index contributed by atoms with van der Waals surface area (Å²) in [4.78, 5) is 0. The fourth-order valence-electron chi connectivity index (χ4n) is 1.83. The SMILES string of the molecule is C=CCCCC[P@](=O)(CP(=O)(OCC)OCC)OCC. The summed E-state index contributed by atoms with van der Waals surface area (Å²) in [5, 5.41) is 0. The van der Waals surface area contributed by atoms with Crippen LogP contribution in [0.25, 0.3) is 0 Å². The molecule has 0 heterocycles. The average Bonchev–Trinajstić information content (AvgIpc) is 2.35. The van der Waals surface area contributed by atoms with Gasteiger partial charge in [-0.2, -0.15) is 0 Å². The summed E-state index contributed by atoms with van der Waals surface area (Å²) in [5.41, 5.74) is 0.